The number of carbonyl (C=O) groups is 2. The minimum atomic E-state index is -0.753. The first-order chi connectivity index (χ1) is 9.56. The highest BCUT2D eigenvalue weighted by atomic mass is 16.4. The maximum atomic E-state index is 12.1. The van der Waals surface area contributed by atoms with Gasteiger partial charge in [-0.15, -0.1) is 0 Å². The zero-order valence-electron chi connectivity index (χ0n) is 12.0. The van der Waals surface area contributed by atoms with Gasteiger partial charge in [-0.2, -0.15) is 0 Å². The van der Waals surface area contributed by atoms with Crippen LogP contribution in [0.2, 0.25) is 0 Å². The fourth-order valence-corrected chi connectivity index (χ4v) is 4.58. The molecule has 0 spiro atoms. The van der Waals surface area contributed by atoms with Crippen LogP contribution in [0.5, 0.6) is 0 Å². The van der Waals surface area contributed by atoms with Crippen molar-refractivity contribution < 1.29 is 14.7 Å². The molecule has 3 aliphatic carbocycles. The molecule has 112 valence electrons. The van der Waals surface area contributed by atoms with Crippen LogP contribution in [0.3, 0.4) is 0 Å². The molecule has 0 aromatic rings. The van der Waals surface area contributed by atoms with E-state index in [2.05, 4.69) is 17.6 Å². The smallest absolute Gasteiger partial charge is 0.315 e. The van der Waals surface area contributed by atoms with Crippen molar-refractivity contribution in [3.8, 4) is 0 Å². The molecule has 6 unspecified atom stereocenters. The van der Waals surface area contributed by atoms with Crippen molar-refractivity contribution in [1.82, 2.24) is 10.6 Å². The minimum absolute atomic E-state index is 0.174. The number of urea groups is 1. The predicted octanol–water partition coefficient (Wildman–Crippen LogP) is 1.97. The van der Waals surface area contributed by atoms with Gasteiger partial charge in [0.25, 0.3) is 0 Å². The summed E-state index contributed by atoms with van der Waals surface area (Å²) in [6.07, 6.45) is 6.38. The molecule has 0 radical (unpaired) electrons. The van der Waals surface area contributed by atoms with Gasteiger partial charge in [-0.1, -0.05) is 13.3 Å². The molecule has 0 aliphatic heterocycles. The van der Waals surface area contributed by atoms with E-state index >= 15 is 0 Å². The van der Waals surface area contributed by atoms with E-state index in [0.29, 0.717) is 11.8 Å². The highest BCUT2D eigenvalue weighted by Gasteiger charge is 2.51. The number of rotatable bonds is 3. The zero-order valence-corrected chi connectivity index (χ0v) is 12.0. The Morgan fingerprint density at radius 1 is 1.05 bits per heavy atom. The predicted molar refractivity (Wildman–Crippen MR) is 74.2 cm³/mol. The molecule has 0 aromatic carbocycles. The lowest BCUT2D eigenvalue weighted by molar-refractivity contribution is -0.144. The quantitative estimate of drug-likeness (QED) is 0.739. The lowest BCUT2D eigenvalue weighted by Gasteiger charge is -2.29. The fraction of sp³-hybridized carbons (Fsp3) is 0.867. The number of aliphatic carboxylic acids is 1. The molecule has 3 fully saturated rings. The first-order valence-corrected chi connectivity index (χ1v) is 7.86. The highest BCUT2D eigenvalue weighted by Crippen LogP contribution is 2.48. The van der Waals surface area contributed by atoms with Crippen molar-refractivity contribution >= 4 is 12.0 Å². The number of hydrogen-bond acceptors (Lipinski definition) is 2. The first-order valence-electron chi connectivity index (χ1n) is 7.86. The molecule has 0 saturated heterocycles. The monoisotopic (exact) mass is 280 g/mol. The van der Waals surface area contributed by atoms with Crippen LogP contribution in [0.4, 0.5) is 4.79 Å². The molecule has 2 bridgehead atoms. The summed E-state index contributed by atoms with van der Waals surface area (Å²) in [5.74, 6) is -0.00524. The molecule has 0 heterocycles. The molecular formula is C15H24N2O3. The van der Waals surface area contributed by atoms with E-state index in [1.807, 2.05) is 0 Å². The maximum absolute atomic E-state index is 12.1. The van der Waals surface area contributed by atoms with Gasteiger partial charge in [-0.3, -0.25) is 4.79 Å². The molecule has 3 N–H and O–H groups in total. The Morgan fingerprint density at radius 2 is 1.80 bits per heavy atom. The second-order valence-corrected chi connectivity index (χ2v) is 6.86. The van der Waals surface area contributed by atoms with Gasteiger partial charge in [0, 0.05) is 12.1 Å². The van der Waals surface area contributed by atoms with Gasteiger partial charge >= 0.3 is 12.0 Å². The van der Waals surface area contributed by atoms with Crippen LogP contribution in [0, 0.1) is 23.7 Å². The van der Waals surface area contributed by atoms with Gasteiger partial charge in [-0.25, -0.2) is 4.79 Å². The van der Waals surface area contributed by atoms with Crippen molar-refractivity contribution in [2.24, 2.45) is 23.7 Å². The van der Waals surface area contributed by atoms with Crippen LogP contribution in [0.1, 0.15) is 45.4 Å². The van der Waals surface area contributed by atoms with Crippen LogP contribution in [-0.4, -0.2) is 29.2 Å². The number of amides is 2. The lowest BCUT2D eigenvalue weighted by Crippen LogP contribution is -2.52. The Kier molecular flexibility index (Phi) is 3.61. The summed E-state index contributed by atoms with van der Waals surface area (Å²) >= 11 is 0. The second-order valence-electron chi connectivity index (χ2n) is 6.86. The minimum Gasteiger partial charge on any atom is -0.481 e. The number of nitrogens with one attached hydrogen (secondary N) is 2. The van der Waals surface area contributed by atoms with Crippen LogP contribution in [0.15, 0.2) is 0 Å². The van der Waals surface area contributed by atoms with E-state index in [0.717, 1.165) is 38.5 Å². The van der Waals surface area contributed by atoms with Gasteiger partial charge < -0.3 is 15.7 Å². The molecule has 6 atom stereocenters. The summed E-state index contributed by atoms with van der Waals surface area (Å²) in [6.45, 7) is 2.16. The largest absolute Gasteiger partial charge is 0.481 e. The molecule has 20 heavy (non-hydrogen) atoms. The van der Waals surface area contributed by atoms with Gasteiger partial charge in [0.05, 0.1) is 5.92 Å². The Morgan fingerprint density at radius 3 is 2.45 bits per heavy atom. The van der Waals surface area contributed by atoms with Crippen LogP contribution in [0.25, 0.3) is 0 Å². The van der Waals surface area contributed by atoms with Crippen molar-refractivity contribution in [3.63, 3.8) is 0 Å². The average molecular weight is 280 g/mol. The van der Waals surface area contributed by atoms with Crippen molar-refractivity contribution in [3.05, 3.63) is 0 Å². The van der Waals surface area contributed by atoms with Gasteiger partial charge in [-0.05, 0) is 49.9 Å². The Balaban J connectivity index is 1.59. The Hall–Kier alpha value is -1.26. The summed E-state index contributed by atoms with van der Waals surface area (Å²) in [6, 6.07) is -0.104. The number of hydrogen-bond donors (Lipinski definition) is 3. The summed E-state index contributed by atoms with van der Waals surface area (Å²) in [7, 11) is 0. The molecule has 3 saturated carbocycles. The van der Waals surface area contributed by atoms with E-state index in [4.69, 9.17) is 0 Å². The molecule has 0 aromatic heterocycles. The number of carboxylic acid groups (broad SMARTS) is 1. The Labute approximate surface area is 119 Å². The van der Waals surface area contributed by atoms with Crippen LogP contribution in [-0.2, 0) is 4.79 Å². The van der Waals surface area contributed by atoms with E-state index in [-0.39, 0.29) is 30.0 Å². The van der Waals surface area contributed by atoms with Crippen molar-refractivity contribution in [2.45, 2.75) is 57.5 Å². The summed E-state index contributed by atoms with van der Waals surface area (Å²) in [5.41, 5.74) is 0. The van der Waals surface area contributed by atoms with Gasteiger partial charge in [0.1, 0.15) is 0 Å². The van der Waals surface area contributed by atoms with E-state index < -0.39 is 5.97 Å². The molecule has 5 nitrogen and oxygen atoms in total. The highest BCUT2D eigenvalue weighted by molar-refractivity contribution is 5.77. The number of fused-ring (bicyclic) bond motifs is 2. The van der Waals surface area contributed by atoms with E-state index in [1.165, 1.54) is 0 Å². The van der Waals surface area contributed by atoms with E-state index in [1.54, 1.807) is 0 Å². The van der Waals surface area contributed by atoms with Crippen LogP contribution < -0.4 is 10.6 Å². The number of carboxylic acids is 1. The Bertz CT molecular complexity index is 412. The molecule has 3 aliphatic rings. The first kappa shape index (κ1) is 13.7. The molecule has 5 heteroatoms. The standard InChI is InChI=1S/C15H24N2O3/c1-8-3-2-4-11(8)16-15(20)17-13-10-6-5-9(7-10)12(13)14(18)19/h8-13H,2-7H2,1H3,(H,18,19)(H2,16,17,20). The van der Waals surface area contributed by atoms with Crippen molar-refractivity contribution in [1.29, 1.82) is 0 Å². The number of carbonyl (C=O) groups excluding carboxylic acids is 1. The topological polar surface area (TPSA) is 78.4 Å². The SMILES string of the molecule is CC1CCCC1NC(=O)NC1C2CCC(C2)C1C(=O)O. The molecule has 3 rings (SSSR count). The maximum Gasteiger partial charge on any atom is 0.315 e. The average Bonchev–Trinajstić information content (AvgIpc) is 3.06. The summed E-state index contributed by atoms with van der Waals surface area (Å²) in [5, 5.41) is 15.4. The van der Waals surface area contributed by atoms with Gasteiger partial charge in [0.15, 0.2) is 0 Å². The fourth-order valence-electron chi connectivity index (χ4n) is 4.58. The van der Waals surface area contributed by atoms with Crippen LogP contribution >= 0.6 is 0 Å². The third-order valence-corrected chi connectivity index (χ3v) is 5.68. The third kappa shape index (κ3) is 2.38. The molecule has 2 amide bonds. The summed E-state index contributed by atoms with van der Waals surface area (Å²) in [4.78, 5) is 23.5. The zero-order chi connectivity index (χ0) is 14.3. The normalized spacial score (nSPS) is 42.6. The molecular weight excluding hydrogens is 256 g/mol. The van der Waals surface area contributed by atoms with Crippen molar-refractivity contribution in [2.75, 3.05) is 0 Å². The van der Waals surface area contributed by atoms with E-state index in [9.17, 15) is 14.7 Å². The lowest BCUT2D eigenvalue weighted by atomic mass is 9.84. The third-order valence-electron chi connectivity index (χ3n) is 5.68. The van der Waals surface area contributed by atoms with Gasteiger partial charge in [0.2, 0.25) is 0 Å². The summed E-state index contributed by atoms with van der Waals surface area (Å²) < 4.78 is 0. The second kappa shape index (κ2) is 5.26.